The Morgan fingerprint density at radius 3 is 2.95 bits per heavy atom. The maximum Gasteiger partial charge on any atom is 0.341 e. The normalized spacial score (nSPS) is 10.4. The predicted octanol–water partition coefficient (Wildman–Crippen LogP) is 1.67. The number of rotatable bonds is 6. The number of aromatic nitrogens is 1. The summed E-state index contributed by atoms with van der Waals surface area (Å²) >= 11 is 0. The second-order valence-corrected chi connectivity index (χ2v) is 3.88. The van der Waals surface area contributed by atoms with E-state index in [-0.39, 0.29) is 5.56 Å². The van der Waals surface area contributed by atoms with Crippen LogP contribution in [0.5, 0.6) is 5.75 Å². The molecule has 6 heteroatoms. The van der Waals surface area contributed by atoms with Crippen LogP contribution >= 0.6 is 0 Å². The molecule has 0 fully saturated rings. The maximum atomic E-state index is 10.9. The second-order valence-electron chi connectivity index (χ2n) is 3.88. The van der Waals surface area contributed by atoms with Gasteiger partial charge in [-0.05, 0) is 6.07 Å². The first-order chi connectivity index (χ1) is 9.22. The number of carboxylic acid groups (broad SMARTS) is 1. The molecule has 0 saturated carbocycles. The fourth-order valence-electron chi connectivity index (χ4n) is 1.73. The van der Waals surface area contributed by atoms with Gasteiger partial charge in [0, 0.05) is 12.1 Å². The molecular formula is C13H14N2O4. The summed E-state index contributed by atoms with van der Waals surface area (Å²) < 4.78 is 10.1. The van der Waals surface area contributed by atoms with Gasteiger partial charge in [0.2, 0.25) is 0 Å². The van der Waals surface area contributed by atoms with Gasteiger partial charge >= 0.3 is 5.97 Å². The minimum absolute atomic E-state index is 0.0764. The Balaban J connectivity index is 1.96. The highest BCUT2D eigenvalue weighted by Gasteiger charge is 2.14. The molecule has 2 N–H and O–H groups in total. The van der Waals surface area contributed by atoms with Crippen molar-refractivity contribution in [2.45, 2.75) is 13.1 Å². The molecular weight excluding hydrogens is 248 g/mol. The van der Waals surface area contributed by atoms with E-state index < -0.39 is 5.97 Å². The molecule has 0 aliphatic carbocycles. The van der Waals surface area contributed by atoms with Crippen LogP contribution in [0.15, 0.2) is 35.0 Å². The predicted molar refractivity (Wildman–Crippen MR) is 67.0 cm³/mol. The monoisotopic (exact) mass is 262 g/mol. The van der Waals surface area contributed by atoms with E-state index in [4.69, 9.17) is 14.4 Å². The lowest BCUT2D eigenvalue weighted by Gasteiger charge is -2.08. The van der Waals surface area contributed by atoms with Crippen molar-refractivity contribution in [2.75, 3.05) is 7.11 Å². The zero-order valence-electron chi connectivity index (χ0n) is 10.4. The summed E-state index contributed by atoms with van der Waals surface area (Å²) in [5.74, 6) is 0.0452. The van der Waals surface area contributed by atoms with Crippen molar-refractivity contribution in [3.63, 3.8) is 0 Å². The Morgan fingerprint density at radius 2 is 2.21 bits per heavy atom. The average Bonchev–Trinajstić information content (AvgIpc) is 2.88. The molecule has 0 aliphatic heterocycles. The Bertz CT molecular complexity index is 565. The summed E-state index contributed by atoms with van der Waals surface area (Å²) in [5.41, 5.74) is 1.06. The zero-order chi connectivity index (χ0) is 13.7. The zero-order valence-corrected chi connectivity index (χ0v) is 10.4. The van der Waals surface area contributed by atoms with E-state index in [2.05, 4.69) is 10.5 Å². The van der Waals surface area contributed by atoms with Gasteiger partial charge in [-0.25, -0.2) is 4.79 Å². The van der Waals surface area contributed by atoms with Crippen LogP contribution in [0.4, 0.5) is 0 Å². The standard InChI is InChI=1S/C13H14N2O4/c1-18-11-5-3-2-4-9(11)6-14-8-12-10(13(16)17)7-15-19-12/h2-5,7,14H,6,8H2,1H3,(H,16,17). The van der Waals surface area contributed by atoms with E-state index in [1.807, 2.05) is 24.3 Å². The Hall–Kier alpha value is -2.34. The third-order valence-electron chi connectivity index (χ3n) is 2.67. The van der Waals surface area contributed by atoms with Gasteiger partial charge in [-0.1, -0.05) is 23.4 Å². The molecule has 0 amide bonds. The molecule has 1 heterocycles. The number of hydrogen-bond donors (Lipinski definition) is 2. The van der Waals surface area contributed by atoms with Crippen molar-refractivity contribution in [3.8, 4) is 5.75 Å². The SMILES string of the molecule is COc1ccccc1CNCc1oncc1C(=O)O. The van der Waals surface area contributed by atoms with Crippen molar-refractivity contribution >= 4 is 5.97 Å². The first kappa shape index (κ1) is 13.1. The van der Waals surface area contributed by atoms with Gasteiger partial charge < -0.3 is 19.7 Å². The minimum atomic E-state index is -1.05. The lowest BCUT2D eigenvalue weighted by atomic mass is 10.2. The molecule has 100 valence electrons. The Morgan fingerprint density at radius 1 is 1.42 bits per heavy atom. The highest BCUT2D eigenvalue weighted by atomic mass is 16.5. The summed E-state index contributed by atoms with van der Waals surface area (Å²) in [6.45, 7) is 0.837. The number of para-hydroxylation sites is 1. The summed E-state index contributed by atoms with van der Waals surface area (Å²) in [6, 6.07) is 7.61. The topological polar surface area (TPSA) is 84.6 Å². The lowest BCUT2D eigenvalue weighted by Crippen LogP contribution is -2.14. The van der Waals surface area contributed by atoms with Crippen molar-refractivity contribution in [1.29, 1.82) is 0 Å². The highest BCUT2D eigenvalue weighted by Crippen LogP contribution is 2.17. The van der Waals surface area contributed by atoms with E-state index in [9.17, 15) is 4.79 Å². The van der Waals surface area contributed by atoms with Crippen LogP contribution in [0.25, 0.3) is 0 Å². The van der Waals surface area contributed by atoms with E-state index in [1.54, 1.807) is 7.11 Å². The Labute approximate surface area is 110 Å². The van der Waals surface area contributed by atoms with Crippen LogP contribution in [0.2, 0.25) is 0 Å². The highest BCUT2D eigenvalue weighted by molar-refractivity contribution is 5.88. The van der Waals surface area contributed by atoms with Crippen LogP contribution < -0.4 is 10.1 Å². The second kappa shape index (κ2) is 6.01. The van der Waals surface area contributed by atoms with Gasteiger partial charge in [-0.15, -0.1) is 0 Å². The van der Waals surface area contributed by atoms with Gasteiger partial charge in [0.25, 0.3) is 0 Å². The number of ether oxygens (including phenoxy) is 1. The number of nitrogens with one attached hydrogen (secondary N) is 1. The van der Waals surface area contributed by atoms with Crippen molar-refractivity contribution in [2.24, 2.45) is 0 Å². The number of methoxy groups -OCH3 is 1. The van der Waals surface area contributed by atoms with Crippen molar-refractivity contribution in [1.82, 2.24) is 10.5 Å². The molecule has 1 aromatic carbocycles. The van der Waals surface area contributed by atoms with E-state index in [0.29, 0.717) is 18.8 Å². The quantitative estimate of drug-likeness (QED) is 0.823. The van der Waals surface area contributed by atoms with Gasteiger partial charge in [0.1, 0.15) is 11.3 Å². The molecule has 2 aromatic rings. The van der Waals surface area contributed by atoms with Gasteiger partial charge in [0.05, 0.1) is 19.9 Å². The van der Waals surface area contributed by atoms with Crippen LogP contribution in [0.3, 0.4) is 0 Å². The molecule has 0 unspecified atom stereocenters. The summed E-state index contributed by atoms with van der Waals surface area (Å²) in [7, 11) is 1.61. The fourth-order valence-corrected chi connectivity index (χ4v) is 1.73. The molecule has 0 spiro atoms. The fraction of sp³-hybridized carbons (Fsp3) is 0.231. The van der Waals surface area contributed by atoms with Crippen molar-refractivity contribution < 1.29 is 19.2 Å². The minimum Gasteiger partial charge on any atom is -0.496 e. The van der Waals surface area contributed by atoms with Crippen molar-refractivity contribution in [3.05, 3.63) is 47.3 Å². The molecule has 0 atom stereocenters. The molecule has 2 rings (SSSR count). The number of hydrogen-bond acceptors (Lipinski definition) is 5. The molecule has 19 heavy (non-hydrogen) atoms. The van der Waals surface area contributed by atoms with E-state index in [1.165, 1.54) is 6.20 Å². The van der Waals surface area contributed by atoms with Crippen LogP contribution in [-0.2, 0) is 13.1 Å². The van der Waals surface area contributed by atoms with Gasteiger partial charge in [-0.2, -0.15) is 0 Å². The number of carboxylic acids is 1. The molecule has 1 aromatic heterocycles. The van der Waals surface area contributed by atoms with Crippen LogP contribution in [-0.4, -0.2) is 23.3 Å². The third kappa shape index (κ3) is 3.11. The number of carbonyl (C=O) groups is 1. The summed E-state index contributed by atoms with van der Waals surface area (Å²) in [6.07, 6.45) is 1.20. The first-order valence-corrected chi connectivity index (χ1v) is 5.72. The van der Waals surface area contributed by atoms with E-state index >= 15 is 0 Å². The molecule has 0 radical (unpaired) electrons. The lowest BCUT2D eigenvalue weighted by molar-refractivity contribution is 0.0694. The largest absolute Gasteiger partial charge is 0.496 e. The van der Waals surface area contributed by atoms with Crippen LogP contribution in [0.1, 0.15) is 21.7 Å². The number of benzene rings is 1. The van der Waals surface area contributed by atoms with E-state index in [0.717, 1.165) is 11.3 Å². The van der Waals surface area contributed by atoms with Gasteiger partial charge in [-0.3, -0.25) is 0 Å². The third-order valence-corrected chi connectivity index (χ3v) is 2.67. The number of nitrogens with zero attached hydrogens (tertiary/aromatic N) is 1. The smallest absolute Gasteiger partial charge is 0.341 e. The first-order valence-electron chi connectivity index (χ1n) is 5.72. The molecule has 6 nitrogen and oxygen atoms in total. The maximum absolute atomic E-state index is 10.9. The number of aromatic carboxylic acids is 1. The average molecular weight is 262 g/mol. The Kier molecular flexibility index (Phi) is 4.15. The molecule has 0 saturated heterocycles. The van der Waals surface area contributed by atoms with Gasteiger partial charge in [0.15, 0.2) is 5.76 Å². The van der Waals surface area contributed by atoms with Crippen LogP contribution in [0, 0.1) is 0 Å². The molecule has 0 bridgehead atoms. The summed E-state index contributed by atoms with van der Waals surface area (Å²) in [4.78, 5) is 10.9. The summed E-state index contributed by atoms with van der Waals surface area (Å²) in [5, 5.41) is 15.5. The molecule has 0 aliphatic rings.